The molecule has 1 aromatic heterocycles. The average molecular weight is 479 g/mol. The highest BCUT2D eigenvalue weighted by molar-refractivity contribution is 5.86. The molecule has 0 bridgehead atoms. The molecular formula is C27H31FN4O3. The van der Waals surface area contributed by atoms with E-state index in [9.17, 15) is 9.18 Å². The van der Waals surface area contributed by atoms with Crippen LogP contribution in [0.3, 0.4) is 0 Å². The van der Waals surface area contributed by atoms with Gasteiger partial charge in [-0.05, 0) is 55.0 Å². The summed E-state index contributed by atoms with van der Waals surface area (Å²) in [7, 11) is 1.41. The lowest BCUT2D eigenvalue weighted by Crippen LogP contribution is -2.46. The summed E-state index contributed by atoms with van der Waals surface area (Å²) in [6.45, 7) is 8.82. The Balaban J connectivity index is 1.77. The minimum absolute atomic E-state index is 0.141. The first-order valence-electron chi connectivity index (χ1n) is 11.9. The molecule has 3 aromatic rings. The van der Waals surface area contributed by atoms with E-state index in [1.807, 2.05) is 19.1 Å². The van der Waals surface area contributed by atoms with Gasteiger partial charge in [0.2, 0.25) is 5.82 Å². The molecule has 1 aliphatic heterocycles. The molecule has 0 spiro atoms. The number of carbonyl (C=O) groups excluding carboxylic acids is 1. The molecule has 35 heavy (non-hydrogen) atoms. The number of rotatable bonds is 8. The first-order valence-corrected chi connectivity index (χ1v) is 11.9. The van der Waals surface area contributed by atoms with Gasteiger partial charge in [-0.15, -0.1) is 0 Å². The number of nitrogens with one attached hydrogen (secondary N) is 1. The van der Waals surface area contributed by atoms with Gasteiger partial charge in [0, 0.05) is 17.8 Å². The molecule has 2 amide bonds. The molecule has 0 fully saturated rings. The highest BCUT2D eigenvalue weighted by Gasteiger charge is 2.35. The Morgan fingerprint density at radius 1 is 1.20 bits per heavy atom. The standard InChI is InChI=1S/C27H31FN4O3/c1-6-18-7-9-19(10-8-18)24-23(17(4)32(27(33)29-24)14-13-16(2)3)26-30-25(31-35-26)20-11-12-22(34-5)21(28)15-20/h7-12,15-16,24H,6,13-14H2,1-5H3,(H,29,33). The third-order valence-corrected chi connectivity index (χ3v) is 6.31. The van der Waals surface area contributed by atoms with Crippen molar-refractivity contribution < 1.29 is 18.4 Å². The molecule has 184 valence electrons. The molecule has 1 N–H and O–H groups in total. The smallest absolute Gasteiger partial charge is 0.322 e. The minimum Gasteiger partial charge on any atom is -0.494 e. The van der Waals surface area contributed by atoms with Crippen molar-refractivity contribution >= 4 is 11.6 Å². The van der Waals surface area contributed by atoms with E-state index in [2.05, 4.69) is 48.4 Å². The van der Waals surface area contributed by atoms with E-state index in [1.54, 1.807) is 11.0 Å². The van der Waals surface area contributed by atoms with Gasteiger partial charge >= 0.3 is 6.03 Å². The fourth-order valence-corrected chi connectivity index (χ4v) is 4.17. The Kier molecular flexibility index (Phi) is 7.19. The summed E-state index contributed by atoms with van der Waals surface area (Å²) in [5, 5.41) is 7.23. The Labute approximate surface area is 205 Å². The summed E-state index contributed by atoms with van der Waals surface area (Å²) in [6, 6.07) is 12.0. The fourth-order valence-electron chi connectivity index (χ4n) is 4.17. The zero-order valence-corrected chi connectivity index (χ0v) is 20.8. The lowest BCUT2D eigenvalue weighted by atomic mass is 9.93. The van der Waals surface area contributed by atoms with Crippen LogP contribution in [-0.4, -0.2) is 34.7 Å². The molecule has 1 unspecified atom stereocenters. The normalized spacial score (nSPS) is 16.1. The number of allylic oxidation sites excluding steroid dienone is 1. The number of benzene rings is 2. The van der Waals surface area contributed by atoms with Gasteiger partial charge in [0.15, 0.2) is 11.6 Å². The van der Waals surface area contributed by atoms with Gasteiger partial charge in [0.1, 0.15) is 0 Å². The molecule has 7 nitrogen and oxygen atoms in total. The molecule has 4 rings (SSSR count). The number of halogens is 1. The second-order valence-electron chi connectivity index (χ2n) is 9.08. The van der Waals surface area contributed by atoms with E-state index in [-0.39, 0.29) is 23.5 Å². The Morgan fingerprint density at radius 2 is 1.94 bits per heavy atom. The number of methoxy groups -OCH3 is 1. The first kappa shape index (κ1) is 24.4. The number of aromatic nitrogens is 2. The van der Waals surface area contributed by atoms with Crippen molar-refractivity contribution in [3.8, 4) is 17.1 Å². The van der Waals surface area contributed by atoms with Gasteiger partial charge in [0.25, 0.3) is 5.89 Å². The third-order valence-electron chi connectivity index (χ3n) is 6.31. The predicted molar refractivity (Wildman–Crippen MR) is 132 cm³/mol. The van der Waals surface area contributed by atoms with Gasteiger partial charge in [-0.2, -0.15) is 4.98 Å². The van der Waals surface area contributed by atoms with Crippen LogP contribution >= 0.6 is 0 Å². The van der Waals surface area contributed by atoms with Crippen LogP contribution in [0.1, 0.15) is 57.2 Å². The molecule has 0 saturated carbocycles. The molecule has 0 aliphatic carbocycles. The Bertz CT molecular complexity index is 1230. The number of hydrogen-bond donors (Lipinski definition) is 1. The maximum Gasteiger partial charge on any atom is 0.322 e. The van der Waals surface area contributed by atoms with Crippen LogP contribution in [0, 0.1) is 11.7 Å². The first-order chi connectivity index (χ1) is 16.8. The maximum atomic E-state index is 14.3. The molecular weight excluding hydrogens is 447 g/mol. The van der Waals surface area contributed by atoms with Crippen LogP contribution < -0.4 is 10.1 Å². The van der Waals surface area contributed by atoms with Gasteiger partial charge < -0.3 is 14.6 Å². The summed E-state index contributed by atoms with van der Waals surface area (Å²) in [5.41, 5.74) is 4.08. The molecule has 2 aromatic carbocycles. The van der Waals surface area contributed by atoms with Gasteiger partial charge in [0.05, 0.1) is 18.7 Å². The summed E-state index contributed by atoms with van der Waals surface area (Å²) >= 11 is 0. The van der Waals surface area contributed by atoms with E-state index in [4.69, 9.17) is 9.26 Å². The lowest BCUT2D eigenvalue weighted by Gasteiger charge is -2.35. The van der Waals surface area contributed by atoms with E-state index >= 15 is 0 Å². The zero-order valence-electron chi connectivity index (χ0n) is 20.8. The van der Waals surface area contributed by atoms with Crippen molar-refractivity contribution in [2.24, 2.45) is 5.92 Å². The quantitative estimate of drug-likeness (QED) is 0.430. The fraction of sp³-hybridized carbons (Fsp3) is 0.370. The van der Waals surface area contributed by atoms with E-state index in [1.165, 1.54) is 24.8 Å². The molecule has 0 saturated heterocycles. The highest BCUT2D eigenvalue weighted by Crippen LogP contribution is 2.38. The number of aryl methyl sites for hydroxylation is 1. The summed E-state index contributed by atoms with van der Waals surface area (Å²) < 4.78 is 25.0. The SMILES string of the molecule is CCc1ccc(C2NC(=O)N(CCC(C)C)C(C)=C2c2nc(-c3ccc(OC)c(F)c3)no2)cc1. The van der Waals surface area contributed by atoms with Crippen molar-refractivity contribution in [3.05, 3.63) is 71.0 Å². The van der Waals surface area contributed by atoms with Crippen molar-refractivity contribution in [1.82, 2.24) is 20.4 Å². The molecule has 8 heteroatoms. The second kappa shape index (κ2) is 10.3. The Hall–Kier alpha value is -3.68. The molecule has 0 radical (unpaired) electrons. The van der Waals surface area contributed by atoms with Crippen molar-refractivity contribution in [3.63, 3.8) is 0 Å². The van der Waals surface area contributed by atoms with Crippen LogP contribution in [0.15, 0.2) is 52.7 Å². The molecule has 1 atom stereocenters. The van der Waals surface area contributed by atoms with Gasteiger partial charge in [-0.3, -0.25) is 4.90 Å². The number of carbonyl (C=O) groups is 1. The highest BCUT2D eigenvalue weighted by atomic mass is 19.1. The minimum atomic E-state index is -0.509. The van der Waals surface area contributed by atoms with Crippen molar-refractivity contribution in [2.45, 2.75) is 46.6 Å². The lowest BCUT2D eigenvalue weighted by molar-refractivity contribution is 0.202. The number of amides is 2. The number of urea groups is 1. The number of ether oxygens (including phenoxy) is 1. The van der Waals surface area contributed by atoms with Gasteiger partial charge in [-0.1, -0.05) is 50.2 Å². The van der Waals surface area contributed by atoms with E-state index in [0.717, 1.165) is 29.7 Å². The second-order valence-corrected chi connectivity index (χ2v) is 9.08. The third kappa shape index (κ3) is 5.06. The van der Waals surface area contributed by atoms with Crippen LogP contribution in [0.25, 0.3) is 17.0 Å². The van der Waals surface area contributed by atoms with E-state index < -0.39 is 11.9 Å². The average Bonchev–Trinajstić information content (AvgIpc) is 3.33. The van der Waals surface area contributed by atoms with Crippen molar-refractivity contribution in [2.75, 3.05) is 13.7 Å². The van der Waals surface area contributed by atoms with Crippen molar-refractivity contribution in [1.29, 1.82) is 0 Å². The van der Waals surface area contributed by atoms with Crippen LogP contribution in [0.5, 0.6) is 5.75 Å². The summed E-state index contributed by atoms with van der Waals surface area (Å²) in [5.74, 6) is 0.617. The largest absolute Gasteiger partial charge is 0.494 e. The Morgan fingerprint density at radius 3 is 2.57 bits per heavy atom. The maximum absolute atomic E-state index is 14.3. The predicted octanol–water partition coefficient (Wildman–Crippen LogP) is 5.99. The molecule has 2 heterocycles. The summed E-state index contributed by atoms with van der Waals surface area (Å²) in [4.78, 5) is 19.4. The number of nitrogens with zero attached hydrogens (tertiary/aromatic N) is 3. The zero-order chi connectivity index (χ0) is 25.1. The van der Waals surface area contributed by atoms with Crippen LogP contribution in [0.2, 0.25) is 0 Å². The van der Waals surface area contributed by atoms with Crippen LogP contribution in [-0.2, 0) is 6.42 Å². The van der Waals surface area contributed by atoms with Gasteiger partial charge in [-0.25, -0.2) is 9.18 Å². The number of hydrogen-bond acceptors (Lipinski definition) is 5. The summed E-state index contributed by atoms with van der Waals surface area (Å²) in [6.07, 6.45) is 1.78. The molecule has 1 aliphatic rings. The van der Waals surface area contributed by atoms with Crippen LogP contribution in [0.4, 0.5) is 9.18 Å². The topological polar surface area (TPSA) is 80.5 Å². The monoisotopic (exact) mass is 478 g/mol. The van der Waals surface area contributed by atoms with E-state index in [0.29, 0.717) is 18.0 Å².